The van der Waals surface area contributed by atoms with Crippen LogP contribution in [-0.4, -0.2) is 52.2 Å². The van der Waals surface area contributed by atoms with Crippen molar-refractivity contribution in [3.63, 3.8) is 0 Å². The number of ether oxygens (including phenoxy) is 1. The number of nitrogens with one attached hydrogen (secondary N) is 1. The first-order valence-corrected chi connectivity index (χ1v) is 15.9. The third-order valence-corrected chi connectivity index (χ3v) is 9.98. The number of thiazole rings is 1. The Morgan fingerprint density at radius 2 is 2.05 bits per heavy atom. The van der Waals surface area contributed by atoms with E-state index < -0.39 is 5.82 Å². The van der Waals surface area contributed by atoms with Crippen LogP contribution in [0.3, 0.4) is 0 Å². The summed E-state index contributed by atoms with van der Waals surface area (Å²) < 4.78 is 21.3. The molecule has 0 saturated carbocycles. The van der Waals surface area contributed by atoms with Crippen LogP contribution in [0, 0.1) is 5.82 Å². The first-order chi connectivity index (χ1) is 21.0. The van der Waals surface area contributed by atoms with Gasteiger partial charge in [-0.05, 0) is 59.8 Å². The van der Waals surface area contributed by atoms with Gasteiger partial charge in [0.25, 0.3) is 0 Å². The van der Waals surface area contributed by atoms with Crippen LogP contribution in [0.25, 0.3) is 43.2 Å². The summed E-state index contributed by atoms with van der Waals surface area (Å²) in [6, 6.07) is 13.1. The van der Waals surface area contributed by atoms with E-state index in [1.54, 1.807) is 22.3 Å². The van der Waals surface area contributed by atoms with E-state index in [0.29, 0.717) is 36.5 Å². The molecule has 0 fully saturated rings. The predicted octanol–water partition coefficient (Wildman–Crippen LogP) is 5.98. The molecule has 218 valence electrons. The standard InChI is InChI=1S/C33H29FN4O3S2/c1-2-28(40)38-11-8-25-27(18-38)43-33(36-25)31-29(23-6-5-22(34)16-26(23)41-13-12-39)32-24(9-14-42-32)30(37-31)20-3-4-21-17-35-10-7-19(21)15-20/h2-6,9,14-16,35,39H,1,7-8,10-13,17-18H2. The van der Waals surface area contributed by atoms with E-state index in [9.17, 15) is 14.3 Å². The van der Waals surface area contributed by atoms with Gasteiger partial charge in [-0.3, -0.25) is 4.79 Å². The van der Waals surface area contributed by atoms with Gasteiger partial charge in [-0.15, -0.1) is 22.7 Å². The minimum Gasteiger partial charge on any atom is -0.490 e. The van der Waals surface area contributed by atoms with E-state index in [1.807, 2.05) is 0 Å². The van der Waals surface area contributed by atoms with E-state index >= 15 is 0 Å². The molecule has 1 amide bonds. The summed E-state index contributed by atoms with van der Waals surface area (Å²) in [5.74, 6) is -0.184. The zero-order valence-electron chi connectivity index (χ0n) is 23.4. The molecular formula is C33H29FN4O3S2. The molecule has 2 aliphatic rings. The van der Waals surface area contributed by atoms with Crippen molar-refractivity contribution < 1.29 is 19.0 Å². The Bertz CT molecular complexity index is 1880. The number of amides is 1. The fourth-order valence-corrected chi connectivity index (χ4v) is 7.94. The molecule has 3 aromatic heterocycles. The fourth-order valence-electron chi connectivity index (χ4n) is 5.87. The smallest absolute Gasteiger partial charge is 0.246 e. The highest BCUT2D eigenvalue weighted by molar-refractivity contribution is 7.18. The average molecular weight is 613 g/mol. The van der Waals surface area contributed by atoms with E-state index in [0.717, 1.165) is 62.0 Å². The first kappa shape index (κ1) is 27.8. The molecule has 0 unspecified atom stereocenters. The summed E-state index contributed by atoms with van der Waals surface area (Å²) in [6.07, 6.45) is 2.96. The second-order valence-electron chi connectivity index (χ2n) is 10.6. The SMILES string of the molecule is C=CC(=O)N1CCc2nc(-c3nc(-c4ccc5c(c4)CCNC5)c4ccsc4c3-c3ccc(F)cc3OCCO)sc2C1. The maximum atomic E-state index is 14.5. The van der Waals surface area contributed by atoms with Crippen molar-refractivity contribution in [2.24, 2.45) is 0 Å². The topological polar surface area (TPSA) is 87.6 Å². The number of hydrogen-bond donors (Lipinski definition) is 2. The lowest BCUT2D eigenvalue weighted by Gasteiger charge is -2.24. The van der Waals surface area contributed by atoms with Crippen molar-refractivity contribution >= 4 is 38.7 Å². The van der Waals surface area contributed by atoms with Crippen molar-refractivity contribution in [3.05, 3.63) is 88.0 Å². The molecule has 2 N–H and O–H groups in total. The van der Waals surface area contributed by atoms with E-state index in [2.05, 4.69) is 41.5 Å². The molecule has 0 spiro atoms. The molecule has 2 aliphatic heterocycles. The van der Waals surface area contributed by atoms with Crippen molar-refractivity contribution in [2.45, 2.75) is 25.9 Å². The number of carbonyl (C=O) groups is 1. The Labute approximate surface area is 256 Å². The zero-order valence-corrected chi connectivity index (χ0v) is 25.0. The molecule has 5 aromatic rings. The van der Waals surface area contributed by atoms with Crippen LogP contribution in [0.4, 0.5) is 4.39 Å². The third-order valence-electron chi connectivity index (χ3n) is 7.96. The number of aliphatic hydroxyl groups excluding tert-OH is 1. The lowest BCUT2D eigenvalue weighted by Crippen LogP contribution is -2.34. The number of fused-ring (bicyclic) bond motifs is 3. The molecule has 10 heteroatoms. The monoisotopic (exact) mass is 612 g/mol. The molecule has 2 aromatic carbocycles. The molecule has 0 aliphatic carbocycles. The van der Waals surface area contributed by atoms with Crippen molar-refractivity contribution in [3.8, 4) is 38.8 Å². The lowest BCUT2D eigenvalue weighted by atomic mass is 9.94. The average Bonchev–Trinajstić information content (AvgIpc) is 3.70. The molecule has 0 radical (unpaired) electrons. The summed E-state index contributed by atoms with van der Waals surface area (Å²) in [5, 5.41) is 16.7. The number of benzene rings is 2. The molecule has 0 bridgehead atoms. The minimum atomic E-state index is -0.425. The second kappa shape index (κ2) is 11.6. The van der Waals surface area contributed by atoms with Gasteiger partial charge in [0.05, 0.1) is 24.5 Å². The largest absolute Gasteiger partial charge is 0.490 e. The van der Waals surface area contributed by atoms with Crippen LogP contribution in [-0.2, 0) is 30.7 Å². The van der Waals surface area contributed by atoms with Crippen LogP contribution in [0.5, 0.6) is 5.75 Å². The molecule has 43 heavy (non-hydrogen) atoms. The Kier molecular flexibility index (Phi) is 7.52. The number of pyridine rings is 1. The number of aromatic nitrogens is 2. The number of aliphatic hydroxyl groups is 1. The number of hydrogen-bond acceptors (Lipinski definition) is 8. The molecular weight excluding hydrogens is 584 g/mol. The number of halogens is 1. The van der Waals surface area contributed by atoms with Gasteiger partial charge in [0, 0.05) is 57.2 Å². The molecule has 5 heterocycles. The van der Waals surface area contributed by atoms with Gasteiger partial charge in [-0.2, -0.15) is 0 Å². The van der Waals surface area contributed by atoms with Crippen LogP contribution >= 0.6 is 22.7 Å². The van der Waals surface area contributed by atoms with Gasteiger partial charge in [0.1, 0.15) is 28.9 Å². The van der Waals surface area contributed by atoms with Crippen LogP contribution in [0.15, 0.2) is 60.5 Å². The maximum Gasteiger partial charge on any atom is 0.246 e. The van der Waals surface area contributed by atoms with Crippen molar-refractivity contribution in [1.82, 2.24) is 20.2 Å². The highest BCUT2D eigenvalue weighted by Gasteiger charge is 2.28. The van der Waals surface area contributed by atoms with E-state index in [-0.39, 0.29) is 19.1 Å². The summed E-state index contributed by atoms with van der Waals surface area (Å²) in [5.41, 5.74) is 7.68. The Morgan fingerprint density at radius 1 is 1.14 bits per heavy atom. The normalized spacial score (nSPS) is 14.4. The Morgan fingerprint density at radius 3 is 2.91 bits per heavy atom. The fraction of sp³-hybridized carbons (Fsp3) is 0.242. The van der Waals surface area contributed by atoms with Gasteiger partial charge >= 0.3 is 0 Å². The third kappa shape index (κ3) is 5.14. The van der Waals surface area contributed by atoms with Crippen molar-refractivity contribution in [2.75, 3.05) is 26.3 Å². The molecule has 7 rings (SSSR count). The summed E-state index contributed by atoms with van der Waals surface area (Å²) in [6.45, 7) is 6.34. The molecule has 7 nitrogen and oxygen atoms in total. The quantitative estimate of drug-likeness (QED) is 0.220. The van der Waals surface area contributed by atoms with Crippen molar-refractivity contribution in [1.29, 1.82) is 0 Å². The summed E-state index contributed by atoms with van der Waals surface area (Å²) in [4.78, 5) is 25.6. The Balaban J connectivity index is 1.46. The molecule has 0 saturated heterocycles. The van der Waals surface area contributed by atoms with Gasteiger partial charge in [0.15, 0.2) is 0 Å². The van der Waals surface area contributed by atoms with Crippen LogP contribution < -0.4 is 10.1 Å². The van der Waals surface area contributed by atoms with Gasteiger partial charge < -0.3 is 20.1 Å². The zero-order chi connectivity index (χ0) is 29.5. The van der Waals surface area contributed by atoms with E-state index in [1.165, 1.54) is 40.7 Å². The number of carbonyl (C=O) groups excluding carboxylic acids is 1. The summed E-state index contributed by atoms with van der Waals surface area (Å²) in [7, 11) is 0. The number of nitrogens with zero attached hydrogens (tertiary/aromatic N) is 3. The predicted molar refractivity (Wildman–Crippen MR) is 169 cm³/mol. The van der Waals surface area contributed by atoms with Gasteiger partial charge in [0.2, 0.25) is 5.91 Å². The van der Waals surface area contributed by atoms with Crippen LogP contribution in [0.1, 0.15) is 21.7 Å². The van der Waals surface area contributed by atoms with Gasteiger partial charge in [-0.1, -0.05) is 18.7 Å². The first-order valence-electron chi connectivity index (χ1n) is 14.2. The summed E-state index contributed by atoms with van der Waals surface area (Å²) >= 11 is 3.13. The lowest BCUT2D eigenvalue weighted by molar-refractivity contribution is -0.126. The van der Waals surface area contributed by atoms with Crippen LogP contribution in [0.2, 0.25) is 0 Å². The number of rotatable bonds is 7. The highest BCUT2D eigenvalue weighted by atomic mass is 32.1. The van der Waals surface area contributed by atoms with E-state index in [4.69, 9.17) is 14.7 Å². The molecule has 0 atom stereocenters. The highest BCUT2D eigenvalue weighted by Crippen LogP contribution is 2.47. The maximum absolute atomic E-state index is 14.5. The minimum absolute atomic E-state index is 0.0353. The Hall–Kier alpha value is -3.96. The van der Waals surface area contributed by atoms with Gasteiger partial charge in [-0.25, -0.2) is 14.4 Å². The second-order valence-corrected chi connectivity index (χ2v) is 12.6. The number of thiophene rings is 1.